The molecule has 5 heteroatoms. The van der Waals surface area contributed by atoms with Gasteiger partial charge in [0, 0.05) is 11.3 Å². The largest absolute Gasteiger partial charge is 0.497 e. The van der Waals surface area contributed by atoms with Crippen LogP contribution >= 0.6 is 12.4 Å². The minimum absolute atomic E-state index is 0. The molecule has 0 fully saturated rings. The number of aliphatic imine (C=N–C) groups is 1. The summed E-state index contributed by atoms with van der Waals surface area (Å²) in [6.07, 6.45) is 0. The molecule has 134 valence electrons. The maximum absolute atomic E-state index is 5.21. The lowest BCUT2D eigenvalue weighted by Gasteiger charge is -2.11. The van der Waals surface area contributed by atoms with Gasteiger partial charge in [0.25, 0.3) is 0 Å². The van der Waals surface area contributed by atoms with Crippen molar-refractivity contribution < 1.29 is 9.47 Å². The van der Waals surface area contributed by atoms with Crippen LogP contribution in [0.2, 0.25) is 0 Å². The molecular formula is C21H21ClN2O2. The van der Waals surface area contributed by atoms with E-state index in [1.54, 1.807) is 14.2 Å². The number of anilines is 1. The van der Waals surface area contributed by atoms with Gasteiger partial charge in [0.1, 0.15) is 17.3 Å². The van der Waals surface area contributed by atoms with Gasteiger partial charge in [-0.25, -0.2) is 4.99 Å². The average molecular weight is 369 g/mol. The summed E-state index contributed by atoms with van der Waals surface area (Å²) in [5.41, 5.74) is 2.80. The van der Waals surface area contributed by atoms with Crippen LogP contribution in [0.4, 0.5) is 11.4 Å². The number of hydrogen-bond acceptors (Lipinski definition) is 3. The highest BCUT2D eigenvalue weighted by molar-refractivity contribution is 6.09. The van der Waals surface area contributed by atoms with E-state index in [0.717, 1.165) is 34.3 Å². The Morgan fingerprint density at radius 1 is 0.731 bits per heavy atom. The molecule has 3 rings (SSSR count). The number of amidine groups is 1. The van der Waals surface area contributed by atoms with Crippen LogP contribution in [0.25, 0.3) is 0 Å². The summed E-state index contributed by atoms with van der Waals surface area (Å²) in [5.74, 6) is 2.40. The molecule has 0 spiro atoms. The first-order chi connectivity index (χ1) is 12.3. The Morgan fingerprint density at radius 3 is 1.81 bits per heavy atom. The predicted octanol–water partition coefficient (Wildman–Crippen LogP) is 5.32. The molecule has 3 aromatic carbocycles. The molecule has 0 saturated heterocycles. The highest BCUT2D eigenvalue weighted by Crippen LogP contribution is 2.21. The molecule has 0 atom stereocenters. The fraction of sp³-hybridized carbons (Fsp3) is 0.0952. The van der Waals surface area contributed by atoms with Gasteiger partial charge in [-0.15, -0.1) is 12.4 Å². The van der Waals surface area contributed by atoms with Crippen LogP contribution in [0.3, 0.4) is 0 Å². The lowest BCUT2D eigenvalue weighted by atomic mass is 10.2. The van der Waals surface area contributed by atoms with E-state index in [2.05, 4.69) is 5.32 Å². The zero-order valence-electron chi connectivity index (χ0n) is 14.7. The Hall–Kier alpha value is -2.98. The van der Waals surface area contributed by atoms with Crippen molar-refractivity contribution in [1.29, 1.82) is 0 Å². The summed E-state index contributed by atoms with van der Waals surface area (Å²) in [7, 11) is 3.31. The Kier molecular flexibility index (Phi) is 7.06. The number of halogens is 1. The highest BCUT2D eigenvalue weighted by atomic mass is 35.5. The molecule has 0 saturated carbocycles. The number of hydrogen-bond donors (Lipinski definition) is 1. The Bertz CT molecular complexity index is 832. The topological polar surface area (TPSA) is 42.8 Å². The smallest absolute Gasteiger partial charge is 0.138 e. The quantitative estimate of drug-likeness (QED) is 0.489. The first kappa shape index (κ1) is 19.3. The van der Waals surface area contributed by atoms with Gasteiger partial charge in [-0.2, -0.15) is 0 Å². The zero-order valence-corrected chi connectivity index (χ0v) is 15.5. The summed E-state index contributed by atoms with van der Waals surface area (Å²) in [4.78, 5) is 4.76. The molecule has 3 aromatic rings. The molecule has 4 nitrogen and oxygen atoms in total. The summed E-state index contributed by atoms with van der Waals surface area (Å²) >= 11 is 0. The van der Waals surface area contributed by atoms with Gasteiger partial charge in [-0.1, -0.05) is 30.3 Å². The second-order valence-electron chi connectivity index (χ2n) is 5.38. The molecule has 0 aliphatic carbocycles. The molecule has 0 aromatic heterocycles. The minimum Gasteiger partial charge on any atom is -0.497 e. The second-order valence-corrected chi connectivity index (χ2v) is 5.38. The normalized spacial score (nSPS) is 10.6. The number of nitrogens with zero attached hydrogens (tertiary/aromatic N) is 1. The summed E-state index contributed by atoms with van der Waals surface area (Å²) in [5, 5.41) is 3.39. The van der Waals surface area contributed by atoms with E-state index >= 15 is 0 Å². The fourth-order valence-corrected chi connectivity index (χ4v) is 2.36. The molecule has 0 heterocycles. The zero-order chi connectivity index (χ0) is 17.5. The van der Waals surface area contributed by atoms with E-state index in [9.17, 15) is 0 Å². The molecule has 1 N–H and O–H groups in total. The molecule has 0 unspecified atom stereocenters. The Morgan fingerprint density at radius 2 is 1.27 bits per heavy atom. The number of benzene rings is 3. The number of ether oxygens (including phenoxy) is 2. The SMILES string of the molecule is COc1ccc(N=C(Nc2ccc(OC)cc2)c2ccccc2)cc1.Cl. The van der Waals surface area contributed by atoms with Gasteiger partial charge >= 0.3 is 0 Å². The lowest BCUT2D eigenvalue weighted by Crippen LogP contribution is -2.13. The van der Waals surface area contributed by atoms with Gasteiger partial charge in [0.05, 0.1) is 19.9 Å². The van der Waals surface area contributed by atoms with Gasteiger partial charge in [0.15, 0.2) is 0 Å². The van der Waals surface area contributed by atoms with E-state index in [-0.39, 0.29) is 12.4 Å². The van der Waals surface area contributed by atoms with Gasteiger partial charge in [-0.05, 0) is 48.5 Å². The van der Waals surface area contributed by atoms with Crippen molar-refractivity contribution in [2.24, 2.45) is 4.99 Å². The summed E-state index contributed by atoms with van der Waals surface area (Å²) in [6, 6.07) is 25.4. The minimum atomic E-state index is 0. The molecule has 0 aliphatic heterocycles. The molecule has 0 radical (unpaired) electrons. The van der Waals surface area contributed by atoms with Crippen molar-refractivity contribution in [3.05, 3.63) is 84.4 Å². The van der Waals surface area contributed by atoms with Crippen LogP contribution in [-0.4, -0.2) is 20.1 Å². The van der Waals surface area contributed by atoms with Crippen molar-refractivity contribution in [2.45, 2.75) is 0 Å². The Balaban J connectivity index is 0.00000243. The van der Waals surface area contributed by atoms with Crippen LogP contribution in [0.15, 0.2) is 83.9 Å². The molecule has 0 bridgehead atoms. The van der Waals surface area contributed by atoms with Crippen LogP contribution in [0, 0.1) is 0 Å². The maximum Gasteiger partial charge on any atom is 0.138 e. The Labute approximate surface area is 159 Å². The third kappa shape index (κ3) is 5.01. The standard InChI is InChI=1S/C21H20N2O2.ClH/c1-24-19-12-8-17(9-13-19)22-21(16-6-4-3-5-7-16)23-18-10-14-20(25-2)15-11-18;/h3-15H,1-2H3,(H,22,23);1H. The van der Waals surface area contributed by atoms with E-state index in [0.29, 0.717) is 0 Å². The van der Waals surface area contributed by atoms with Crippen LogP contribution in [0.5, 0.6) is 11.5 Å². The lowest BCUT2D eigenvalue weighted by molar-refractivity contribution is 0.415. The second kappa shape index (κ2) is 9.49. The molecule has 0 amide bonds. The maximum atomic E-state index is 5.21. The summed E-state index contributed by atoms with van der Waals surface area (Å²) < 4.78 is 10.4. The van der Waals surface area contributed by atoms with Crippen LogP contribution in [-0.2, 0) is 0 Å². The van der Waals surface area contributed by atoms with E-state index in [4.69, 9.17) is 14.5 Å². The fourth-order valence-electron chi connectivity index (χ4n) is 2.36. The van der Waals surface area contributed by atoms with E-state index in [1.165, 1.54) is 0 Å². The molecule has 26 heavy (non-hydrogen) atoms. The third-order valence-electron chi connectivity index (χ3n) is 3.71. The van der Waals surface area contributed by atoms with Crippen molar-refractivity contribution >= 4 is 29.6 Å². The number of methoxy groups -OCH3 is 2. The molecular weight excluding hydrogens is 348 g/mol. The van der Waals surface area contributed by atoms with Crippen molar-refractivity contribution in [3.8, 4) is 11.5 Å². The highest BCUT2D eigenvalue weighted by Gasteiger charge is 2.05. The molecule has 0 aliphatic rings. The van der Waals surface area contributed by atoms with Gasteiger partial charge in [-0.3, -0.25) is 0 Å². The van der Waals surface area contributed by atoms with Crippen LogP contribution in [0.1, 0.15) is 5.56 Å². The van der Waals surface area contributed by atoms with E-state index < -0.39 is 0 Å². The van der Waals surface area contributed by atoms with Crippen LogP contribution < -0.4 is 14.8 Å². The van der Waals surface area contributed by atoms with Crippen molar-refractivity contribution in [1.82, 2.24) is 0 Å². The first-order valence-corrected chi connectivity index (χ1v) is 7.98. The monoisotopic (exact) mass is 368 g/mol. The van der Waals surface area contributed by atoms with E-state index in [1.807, 2.05) is 78.9 Å². The van der Waals surface area contributed by atoms with Gasteiger partial charge in [0.2, 0.25) is 0 Å². The first-order valence-electron chi connectivity index (χ1n) is 7.98. The third-order valence-corrected chi connectivity index (χ3v) is 3.71. The summed E-state index contributed by atoms with van der Waals surface area (Å²) in [6.45, 7) is 0. The van der Waals surface area contributed by atoms with Crippen molar-refractivity contribution in [3.63, 3.8) is 0 Å². The van der Waals surface area contributed by atoms with Gasteiger partial charge < -0.3 is 14.8 Å². The van der Waals surface area contributed by atoms with Crippen molar-refractivity contribution in [2.75, 3.05) is 19.5 Å². The number of nitrogens with one attached hydrogen (secondary N) is 1. The number of rotatable bonds is 5. The average Bonchev–Trinajstić information content (AvgIpc) is 2.69. The predicted molar refractivity (Wildman–Crippen MR) is 109 cm³/mol.